The molecule has 3 rings (SSSR count). The third-order valence-electron chi connectivity index (χ3n) is 2.64. The molecule has 0 amide bonds. The molecule has 0 bridgehead atoms. The second kappa shape index (κ2) is 4.52. The molecule has 0 fully saturated rings. The second-order valence-corrected chi connectivity index (χ2v) is 6.47. The normalized spacial score (nSPS) is 11.1. The molecule has 0 unspecified atom stereocenters. The summed E-state index contributed by atoms with van der Waals surface area (Å²) in [6.07, 6.45) is 0. The van der Waals surface area contributed by atoms with Gasteiger partial charge in [0.05, 0.1) is 0 Å². The average molecular weight is 338 g/mol. The number of nitrogens with zero attached hydrogens (tertiary/aromatic N) is 3. The maximum absolute atomic E-state index is 12.3. The second-order valence-electron chi connectivity index (χ2n) is 3.95. The minimum absolute atomic E-state index is 0.108. The van der Waals surface area contributed by atoms with Gasteiger partial charge in [-0.3, -0.25) is 0 Å². The molecule has 19 heavy (non-hydrogen) atoms. The number of fused-ring (bicyclic) bond motifs is 1. The van der Waals surface area contributed by atoms with Crippen LogP contribution in [0.15, 0.2) is 34.0 Å². The summed E-state index contributed by atoms with van der Waals surface area (Å²) in [6.45, 7) is 1.66. The van der Waals surface area contributed by atoms with Gasteiger partial charge in [0, 0.05) is 0 Å². The third kappa shape index (κ3) is 2.00. The minimum atomic E-state index is -0.203. The zero-order valence-electron chi connectivity index (χ0n) is 9.86. The fourth-order valence-electron chi connectivity index (χ4n) is 1.79. The number of aromatic nitrogens is 3. The van der Waals surface area contributed by atoms with Crippen LogP contribution in [0.4, 0.5) is 0 Å². The summed E-state index contributed by atoms with van der Waals surface area (Å²) >= 11 is 4.00. The Hall–Kier alpha value is -1.56. The average Bonchev–Trinajstić information content (AvgIpc) is 2.72. The van der Waals surface area contributed by atoms with Crippen molar-refractivity contribution in [2.45, 2.75) is 11.8 Å². The van der Waals surface area contributed by atoms with Crippen LogP contribution >= 0.6 is 12.6 Å². The Morgan fingerprint density at radius 2 is 2.05 bits per heavy atom. The fraction of sp³-hybridized carbons (Fsp3) is 0.0833. The molecule has 0 aliphatic carbocycles. The Balaban J connectivity index is 2.37. The van der Waals surface area contributed by atoms with Crippen molar-refractivity contribution >= 4 is 37.0 Å². The van der Waals surface area contributed by atoms with E-state index in [9.17, 15) is 9.90 Å². The van der Waals surface area contributed by atoms with Crippen LogP contribution in [-0.2, 0) is 0 Å². The number of thiol groups is 1. The number of hydrogen-bond donors (Lipinski definition) is 2. The number of benzene rings is 1. The van der Waals surface area contributed by atoms with E-state index in [2.05, 4.69) is 22.6 Å². The van der Waals surface area contributed by atoms with Crippen LogP contribution in [0.3, 0.4) is 0 Å². The molecular formula is C12H9N3O2SSe. The van der Waals surface area contributed by atoms with Crippen LogP contribution in [-0.4, -0.2) is 33.4 Å². The molecule has 1 N–H and O–H groups in total. The molecule has 0 aliphatic rings. The molecule has 0 radical (unpaired) electrons. The van der Waals surface area contributed by atoms with Crippen molar-refractivity contribution in [1.82, 2.24) is 13.5 Å². The van der Waals surface area contributed by atoms with Gasteiger partial charge in [-0.15, -0.1) is 0 Å². The zero-order valence-corrected chi connectivity index (χ0v) is 12.5. The van der Waals surface area contributed by atoms with Gasteiger partial charge < -0.3 is 0 Å². The third-order valence-corrected chi connectivity index (χ3v) is 5.30. The van der Waals surface area contributed by atoms with E-state index in [0.29, 0.717) is 17.0 Å². The van der Waals surface area contributed by atoms with Crippen LogP contribution in [0.25, 0.3) is 15.5 Å². The van der Waals surface area contributed by atoms with E-state index in [1.54, 1.807) is 16.6 Å². The van der Waals surface area contributed by atoms with Crippen molar-refractivity contribution in [3.63, 3.8) is 0 Å². The van der Waals surface area contributed by atoms with Gasteiger partial charge in [-0.25, -0.2) is 0 Å². The molecule has 0 atom stereocenters. The van der Waals surface area contributed by atoms with Crippen molar-refractivity contribution in [2.75, 3.05) is 0 Å². The summed E-state index contributed by atoms with van der Waals surface area (Å²) in [5.41, 5.74) is -0.108. The molecule has 7 heteroatoms. The van der Waals surface area contributed by atoms with E-state index in [4.69, 9.17) is 0 Å². The van der Waals surface area contributed by atoms with E-state index < -0.39 is 0 Å². The van der Waals surface area contributed by atoms with Crippen molar-refractivity contribution in [3.8, 4) is 11.7 Å². The monoisotopic (exact) mass is 339 g/mol. The Labute approximate surface area is 119 Å². The molecule has 0 saturated heterocycles. The van der Waals surface area contributed by atoms with Gasteiger partial charge in [-0.05, 0) is 0 Å². The summed E-state index contributed by atoms with van der Waals surface area (Å²) in [6, 6.07) is 7.47. The van der Waals surface area contributed by atoms with Gasteiger partial charge in [-0.1, -0.05) is 0 Å². The maximum atomic E-state index is 12.3. The predicted octanol–water partition coefficient (Wildman–Crippen LogP) is 1.14. The fourth-order valence-corrected chi connectivity index (χ4v) is 4.22. The predicted molar refractivity (Wildman–Crippen MR) is 75.7 cm³/mol. The van der Waals surface area contributed by atoms with Crippen molar-refractivity contribution in [3.05, 3.63) is 40.4 Å². The van der Waals surface area contributed by atoms with Gasteiger partial charge in [0.25, 0.3) is 0 Å². The first-order chi connectivity index (χ1) is 9.08. The summed E-state index contributed by atoms with van der Waals surface area (Å²) in [5, 5.41) is 10.4. The first kappa shape index (κ1) is 12.5. The van der Waals surface area contributed by atoms with E-state index in [1.807, 2.05) is 18.2 Å². The van der Waals surface area contributed by atoms with E-state index in [-0.39, 0.29) is 31.1 Å². The van der Waals surface area contributed by atoms with Gasteiger partial charge in [-0.2, -0.15) is 0 Å². The quantitative estimate of drug-likeness (QED) is 0.516. The van der Waals surface area contributed by atoms with Crippen LogP contribution in [0.1, 0.15) is 5.82 Å². The Morgan fingerprint density at radius 3 is 2.79 bits per heavy atom. The first-order valence-electron chi connectivity index (χ1n) is 5.46. The Bertz CT molecular complexity index is 841. The number of aromatic hydroxyl groups is 1. The van der Waals surface area contributed by atoms with Crippen molar-refractivity contribution in [1.29, 1.82) is 0 Å². The van der Waals surface area contributed by atoms with E-state index in [0.717, 1.165) is 4.26 Å². The van der Waals surface area contributed by atoms with Crippen molar-refractivity contribution in [2.24, 2.45) is 0 Å². The zero-order chi connectivity index (χ0) is 13.6. The Kier molecular flexibility index (Phi) is 2.97. The van der Waals surface area contributed by atoms with Gasteiger partial charge in [0.15, 0.2) is 0 Å². The van der Waals surface area contributed by atoms with Crippen LogP contribution in [0.5, 0.6) is 5.88 Å². The molecule has 2 aromatic heterocycles. The first-order valence-corrected chi connectivity index (χ1v) is 7.53. The molecule has 0 aliphatic heterocycles. The van der Waals surface area contributed by atoms with Crippen LogP contribution in [0.2, 0.25) is 0 Å². The van der Waals surface area contributed by atoms with E-state index in [1.165, 1.54) is 0 Å². The summed E-state index contributed by atoms with van der Waals surface area (Å²) in [5.74, 6) is 0.574. The molecule has 0 saturated carbocycles. The van der Waals surface area contributed by atoms with Crippen LogP contribution < -0.4 is 5.56 Å². The van der Waals surface area contributed by atoms with Crippen LogP contribution in [0, 0.1) is 6.92 Å². The number of hydrogen-bond acceptors (Lipinski definition) is 5. The van der Waals surface area contributed by atoms with E-state index >= 15 is 0 Å². The summed E-state index contributed by atoms with van der Waals surface area (Å²) < 4.78 is 2.57. The van der Waals surface area contributed by atoms with Gasteiger partial charge in [0.2, 0.25) is 0 Å². The molecule has 96 valence electrons. The molecular weight excluding hydrogens is 329 g/mol. The molecule has 0 spiro atoms. The van der Waals surface area contributed by atoms with Gasteiger partial charge >= 0.3 is 120 Å². The standard InChI is InChI=1S/C12H9N3O2SSe/c1-6-13-10(9(18)11(16)14-6)15-12(17)7-4-2-3-5-8(7)19-15/h2-5,18H,1H3,(H,13,14,16). The SMILES string of the molecule is Cc1nc(O)c(S)c(-n2[se]c3ccccc3c2=O)n1. The number of rotatable bonds is 1. The molecule has 5 nitrogen and oxygen atoms in total. The molecule has 1 aromatic carbocycles. The topological polar surface area (TPSA) is 68.0 Å². The summed E-state index contributed by atoms with van der Waals surface area (Å²) in [7, 11) is 0. The van der Waals surface area contributed by atoms with Gasteiger partial charge in [0.1, 0.15) is 0 Å². The number of aryl methyl sites for hydroxylation is 1. The molecule has 2 heterocycles. The molecule has 3 aromatic rings. The Morgan fingerprint density at radius 1 is 1.32 bits per heavy atom. The van der Waals surface area contributed by atoms with Crippen molar-refractivity contribution < 1.29 is 5.11 Å². The summed E-state index contributed by atoms with van der Waals surface area (Å²) in [4.78, 5) is 20.6.